The lowest BCUT2D eigenvalue weighted by atomic mass is 10.2. The second-order valence-electron chi connectivity index (χ2n) is 5.04. The van der Waals surface area contributed by atoms with E-state index in [4.69, 9.17) is 4.74 Å². The Kier molecular flexibility index (Phi) is 8.26. The van der Waals surface area contributed by atoms with Crippen LogP contribution in [0, 0.1) is 6.92 Å². The summed E-state index contributed by atoms with van der Waals surface area (Å²) in [5, 5.41) is 13.0. The maximum atomic E-state index is 9.78. The number of aryl methyl sites for hydroxylation is 1. The summed E-state index contributed by atoms with van der Waals surface area (Å²) in [6.45, 7) is 6.16. The van der Waals surface area contributed by atoms with Gasteiger partial charge in [-0.15, -0.1) is 0 Å². The molecule has 0 saturated heterocycles. The number of hydrogen-bond acceptors (Lipinski definition) is 3. The van der Waals surface area contributed by atoms with Gasteiger partial charge in [0.1, 0.15) is 18.5 Å². The molecule has 1 aromatic carbocycles. The number of aliphatic hydroxyl groups is 1. The predicted molar refractivity (Wildman–Crippen MR) is 79.7 cm³/mol. The van der Waals surface area contributed by atoms with Crippen LogP contribution < -0.4 is 10.1 Å². The highest BCUT2D eigenvalue weighted by Crippen LogP contribution is 2.11. The zero-order valence-electron chi connectivity index (χ0n) is 12.2. The molecule has 108 valence electrons. The van der Waals surface area contributed by atoms with Crippen molar-refractivity contribution in [1.82, 2.24) is 5.32 Å². The SMILES string of the molecule is CCCCCCNC[C@H](O)COc1ccc(C)cc1. The van der Waals surface area contributed by atoms with Crippen molar-refractivity contribution in [2.45, 2.75) is 45.6 Å². The number of nitrogens with one attached hydrogen (secondary N) is 1. The monoisotopic (exact) mass is 265 g/mol. The standard InChI is InChI=1S/C16H27NO2/c1-3-4-5-6-11-17-12-15(18)13-19-16-9-7-14(2)8-10-16/h7-10,15,17-18H,3-6,11-13H2,1-2H3/t15-/m0/s1. The van der Waals surface area contributed by atoms with Crippen molar-refractivity contribution in [3.63, 3.8) is 0 Å². The lowest BCUT2D eigenvalue weighted by Gasteiger charge is -2.13. The van der Waals surface area contributed by atoms with Gasteiger partial charge in [-0.1, -0.05) is 43.9 Å². The number of benzene rings is 1. The number of aliphatic hydroxyl groups excluding tert-OH is 1. The molecular formula is C16H27NO2. The smallest absolute Gasteiger partial charge is 0.119 e. The van der Waals surface area contributed by atoms with Crippen LogP contribution in [0.25, 0.3) is 0 Å². The largest absolute Gasteiger partial charge is 0.491 e. The molecule has 0 aliphatic rings. The Morgan fingerprint density at radius 1 is 1.16 bits per heavy atom. The molecule has 0 heterocycles. The van der Waals surface area contributed by atoms with Gasteiger partial charge < -0.3 is 15.2 Å². The van der Waals surface area contributed by atoms with Crippen LogP contribution in [-0.2, 0) is 0 Å². The third-order valence-corrected chi connectivity index (χ3v) is 3.05. The van der Waals surface area contributed by atoms with Crippen molar-refractivity contribution < 1.29 is 9.84 Å². The van der Waals surface area contributed by atoms with Crippen molar-refractivity contribution in [2.75, 3.05) is 19.7 Å². The second kappa shape index (κ2) is 9.82. The van der Waals surface area contributed by atoms with Crippen molar-refractivity contribution in [2.24, 2.45) is 0 Å². The molecule has 1 rings (SSSR count). The van der Waals surface area contributed by atoms with Crippen LogP contribution in [0.15, 0.2) is 24.3 Å². The maximum Gasteiger partial charge on any atom is 0.119 e. The Balaban J connectivity index is 2.04. The molecular weight excluding hydrogens is 238 g/mol. The van der Waals surface area contributed by atoms with Crippen LogP contribution >= 0.6 is 0 Å². The van der Waals surface area contributed by atoms with E-state index in [1.165, 1.54) is 31.2 Å². The van der Waals surface area contributed by atoms with E-state index in [2.05, 4.69) is 12.2 Å². The van der Waals surface area contributed by atoms with Crippen LogP contribution in [-0.4, -0.2) is 30.9 Å². The Morgan fingerprint density at radius 3 is 2.58 bits per heavy atom. The molecule has 1 atom stereocenters. The fourth-order valence-electron chi connectivity index (χ4n) is 1.83. The van der Waals surface area contributed by atoms with Crippen LogP contribution in [0.2, 0.25) is 0 Å². The molecule has 0 radical (unpaired) electrons. The molecule has 0 bridgehead atoms. The minimum absolute atomic E-state index is 0.338. The van der Waals surface area contributed by atoms with Gasteiger partial charge in [-0.2, -0.15) is 0 Å². The molecule has 0 unspecified atom stereocenters. The summed E-state index contributed by atoms with van der Waals surface area (Å²) in [6.07, 6.45) is 4.54. The highest BCUT2D eigenvalue weighted by atomic mass is 16.5. The normalized spacial score (nSPS) is 12.4. The molecule has 0 aliphatic carbocycles. The third kappa shape index (κ3) is 7.85. The molecule has 0 spiro atoms. The molecule has 0 aliphatic heterocycles. The van der Waals surface area contributed by atoms with E-state index in [0.717, 1.165) is 12.3 Å². The van der Waals surface area contributed by atoms with Crippen LogP contribution in [0.1, 0.15) is 38.2 Å². The average Bonchev–Trinajstić information content (AvgIpc) is 2.42. The fourth-order valence-corrected chi connectivity index (χ4v) is 1.83. The molecule has 3 nitrogen and oxygen atoms in total. The van der Waals surface area contributed by atoms with Gasteiger partial charge in [0.15, 0.2) is 0 Å². The van der Waals surface area contributed by atoms with Gasteiger partial charge in [-0.25, -0.2) is 0 Å². The van der Waals surface area contributed by atoms with E-state index < -0.39 is 6.10 Å². The summed E-state index contributed by atoms with van der Waals surface area (Å²) in [6, 6.07) is 7.88. The molecule has 3 heteroatoms. The van der Waals surface area contributed by atoms with E-state index in [0.29, 0.717) is 13.2 Å². The molecule has 0 aromatic heterocycles. The Bertz CT molecular complexity index is 324. The summed E-state index contributed by atoms with van der Waals surface area (Å²) in [7, 11) is 0. The van der Waals surface area contributed by atoms with E-state index in [1.54, 1.807) is 0 Å². The van der Waals surface area contributed by atoms with Crippen molar-refractivity contribution >= 4 is 0 Å². The highest BCUT2D eigenvalue weighted by Gasteiger charge is 2.04. The Morgan fingerprint density at radius 2 is 1.89 bits per heavy atom. The van der Waals surface area contributed by atoms with Crippen molar-refractivity contribution in [3.8, 4) is 5.75 Å². The fraction of sp³-hybridized carbons (Fsp3) is 0.625. The first-order chi connectivity index (χ1) is 9.22. The van der Waals surface area contributed by atoms with Gasteiger partial charge >= 0.3 is 0 Å². The summed E-state index contributed by atoms with van der Waals surface area (Å²) in [4.78, 5) is 0. The van der Waals surface area contributed by atoms with E-state index in [-0.39, 0.29) is 0 Å². The molecule has 1 aromatic rings. The zero-order chi connectivity index (χ0) is 13.9. The summed E-state index contributed by atoms with van der Waals surface area (Å²) in [5.41, 5.74) is 1.21. The van der Waals surface area contributed by atoms with E-state index >= 15 is 0 Å². The van der Waals surface area contributed by atoms with Gasteiger partial charge in [0.2, 0.25) is 0 Å². The van der Waals surface area contributed by atoms with E-state index in [9.17, 15) is 5.11 Å². The predicted octanol–water partition coefficient (Wildman–Crippen LogP) is 2.90. The highest BCUT2D eigenvalue weighted by molar-refractivity contribution is 5.26. The summed E-state index contributed by atoms with van der Waals surface area (Å²) >= 11 is 0. The summed E-state index contributed by atoms with van der Waals surface area (Å²) < 4.78 is 5.53. The second-order valence-corrected chi connectivity index (χ2v) is 5.04. The summed E-state index contributed by atoms with van der Waals surface area (Å²) in [5.74, 6) is 0.813. The lowest BCUT2D eigenvalue weighted by molar-refractivity contribution is 0.106. The first-order valence-corrected chi connectivity index (χ1v) is 7.30. The number of hydrogen-bond donors (Lipinski definition) is 2. The minimum Gasteiger partial charge on any atom is -0.491 e. The quantitative estimate of drug-likeness (QED) is 0.639. The number of unbranched alkanes of at least 4 members (excludes halogenated alkanes) is 3. The third-order valence-electron chi connectivity index (χ3n) is 3.05. The first-order valence-electron chi connectivity index (χ1n) is 7.30. The zero-order valence-corrected chi connectivity index (χ0v) is 12.2. The average molecular weight is 265 g/mol. The van der Waals surface area contributed by atoms with Gasteiger partial charge in [-0.05, 0) is 32.0 Å². The molecule has 0 amide bonds. The van der Waals surface area contributed by atoms with Crippen LogP contribution in [0.5, 0.6) is 5.75 Å². The number of rotatable bonds is 10. The Labute approximate surface area is 117 Å². The van der Waals surface area contributed by atoms with Crippen molar-refractivity contribution in [1.29, 1.82) is 0 Å². The number of ether oxygens (including phenoxy) is 1. The van der Waals surface area contributed by atoms with Crippen molar-refractivity contribution in [3.05, 3.63) is 29.8 Å². The molecule has 0 fully saturated rings. The lowest BCUT2D eigenvalue weighted by Crippen LogP contribution is -2.32. The Hall–Kier alpha value is -1.06. The first kappa shape index (κ1) is 16.0. The minimum atomic E-state index is -0.451. The van der Waals surface area contributed by atoms with Gasteiger partial charge in [0.25, 0.3) is 0 Å². The van der Waals surface area contributed by atoms with Gasteiger partial charge in [-0.3, -0.25) is 0 Å². The van der Waals surface area contributed by atoms with Crippen LogP contribution in [0.3, 0.4) is 0 Å². The maximum absolute atomic E-state index is 9.78. The topological polar surface area (TPSA) is 41.5 Å². The molecule has 19 heavy (non-hydrogen) atoms. The van der Waals surface area contributed by atoms with Crippen LogP contribution in [0.4, 0.5) is 0 Å². The van der Waals surface area contributed by atoms with E-state index in [1.807, 2.05) is 31.2 Å². The van der Waals surface area contributed by atoms with Gasteiger partial charge in [0.05, 0.1) is 0 Å². The molecule has 2 N–H and O–H groups in total. The van der Waals surface area contributed by atoms with Gasteiger partial charge in [0, 0.05) is 6.54 Å². The molecule has 0 saturated carbocycles.